The predicted molar refractivity (Wildman–Crippen MR) is 44.9 cm³/mol. The lowest BCUT2D eigenvalue weighted by molar-refractivity contribution is -0.162. The first-order chi connectivity index (χ1) is 6.13. The summed E-state index contributed by atoms with van der Waals surface area (Å²) in [6.07, 6.45) is 1.35. The Kier molecular flexibility index (Phi) is 2.59. The molecule has 0 aromatic rings. The third-order valence-corrected chi connectivity index (χ3v) is 2.70. The number of carbonyl (C=O) groups excluding carboxylic acids is 2. The highest BCUT2D eigenvalue weighted by molar-refractivity contribution is 6.03. The molecule has 0 aromatic carbocycles. The minimum absolute atomic E-state index is 0.0902. The van der Waals surface area contributed by atoms with Gasteiger partial charge in [0, 0.05) is 0 Å². The Bertz CT molecular complexity index is 218. The van der Waals surface area contributed by atoms with Crippen LogP contribution in [0, 0.1) is 11.3 Å². The Morgan fingerprint density at radius 3 is 2.00 bits per heavy atom. The Morgan fingerprint density at radius 1 is 1.31 bits per heavy atom. The van der Waals surface area contributed by atoms with E-state index in [4.69, 9.17) is 0 Å². The fraction of sp³-hybridized carbons (Fsp3) is 0.778. The molecule has 0 aliphatic heterocycles. The van der Waals surface area contributed by atoms with E-state index >= 15 is 0 Å². The van der Waals surface area contributed by atoms with E-state index in [2.05, 4.69) is 9.47 Å². The van der Waals surface area contributed by atoms with Crippen LogP contribution in [0.15, 0.2) is 0 Å². The molecule has 1 aliphatic rings. The van der Waals surface area contributed by atoms with Gasteiger partial charge in [-0.2, -0.15) is 0 Å². The lowest BCUT2D eigenvalue weighted by Gasteiger charge is -2.11. The molecule has 1 aliphatic carbocycles. The molecule has 1 unspecified atom stereocenters. The molecule has 0 saturated heterocycles. The zero-order valence-electron chi connectivity index (χ0n) is 8.12. The Morgan fingerprint density at radius 2 is 1.77 bits per heavy atom. The highest BCUT2D eigenvalue weighted by Gasteiger charge is 2.66. The fourth-order valence-electron chi connectivity index (χ4n) is 1.77. The van der Waals surface area contributed by atoms with E-state index < -0.39 is 17.4 Å². The van der Waals surface area contributed by atoms with Gasteiger partial charge in [-0.05, 0) is 12.3 Å². The van der Waals surface area contributed by atoms with Crippen LogP contribution >= 0.6 is 0 Å². The monoisotopic (exact) mass is 186 g/mol. The fourth-order valence-corrected chi connectivity index (χ4v) is 1.77. The van der Waals surface area contributed by atoms with E-state index in [0.29, 0.717) is 6.42 Å². The van der Waals surface area contributed by atoms with E-state index in [-0.39, 0.29) is 5.92 Å². The zero-order chi connectivity index (χ0) is 10.1. The number of hydrogen-bond donors (Lipinski definition) is 0. The molecular weight excluding hydrogens is 172 g/mol. The summed E-state index contributed by atoms with van der Waals surface area (Å²) < 4.78 is 9.19. The number of ether oxygens (including phenoxy) is 2. The normalized spacial score (nSPS) is 23.5. The molecule has 1 fully saturated rings. The van der Waals surface area contributed by atoms with Crippen LogP contribution < -0.4 is 0 Å². The summed E-state index contributed by atoms with van der Waals surface area (Å²) in [5.74, 6) is -0.843. The molecule has 0 spiro atoms. The van der Waals surface area contributed by atoms with Gasteiger partial charge in [0.2, 0.25) is 0 Å². The Balaban J connectivity index is 2.80. The molecular formula is C9H14O4. The van der Waals surface area contributed by atoms with E-state index in [1.54, 1.807) is 0 Å². The SMILES string of the molecule is CCC1CC1(C(=O)OC)C(=O)OC. The second-order valence-electron chi connectivity index (χ2n) is 3.26. The molecule has 0 amide bonds. The molecule has 1 rings (SSSR count). The van der Waals surface area contributed by atoms with Gasteiger partial charge < -0.3 is 9.47 Å². The third kappa shape index (κ3) is 1.30. The number of carbonyl (C=O) groups is 2. The van der Waals surface area contributed by atoms with Crippen LogP contribution in [0.4, 0.5) is 0 Å². The van der Waals surface area contributed by atoms with Gasteiger partial charge in [-0.1, -0.05) is 13.3 Å². The maximum absolute atomic E-state index is 11.3. The lowest BCUT2D eigenvalue weighted by atomic mass is 10.0. The average Bonchev–Trinajstić information content (AvgIpc) is 2.91. The van der Waals surface area contributed by atoms with Gasteiger partial charge in [-0.15, -0.1) is 0 Å². The number of esters is 2. The molecule has 13 heavy (non-hydrogen) atoms. The highest BCUT2D eigenvalue weighted by atomic mass is 16.5. The molecule has 74 valence electrons. The molecule has 0 heterocycles. The van der Waals surface area contributed by atoms with Crippen LogP contribution in [0.2, 0.25) is 0 Å². The van der Waals surface area contributed by atoms with Crippen molar-refractivity contribution in [3.8, 4) is 0 Å². The summed E-state index contributed by atoms with van der Waals surface area (Å²) in [7, 11) is 2.58. The van der Waals surface area contributed by atoms with Gasteiger partial charge in [0.15, 0.2) is 5.41 Å². The van der Waals surface area contributed by atoms with Crippen molar-refractivity contribution < 1.29 is 19.1 Å². The van der Waals surface area contributed by atoms with Crippen LogP contribution in [-0.2, 0) is 19.1 Å². The van der Waals surface area contributed by atoms with Crippen LogP contribution in [0.25, 0.3) is 0 Å². The molecule has 4 heteroatoms. The van der Waals surface area contributed by atoms with Gasteiger partial charge in [0.25, 0.3) is 0 Å². The molecule has 1 saturated carbocycles. The van der Waals surface area contributed by atoms with Crippen LogP contribution in [0.3, 0.4) is 0 Å². The van der Waals surface area contributed by atoms with Gasteiger partial charge in [0.1, 0.15) is 0 Å². The van der Waals surface area contributed by atoms with Gasteiger partial charge in [0.05, 0.1) is 14.2 Å². The van der Waals surface area contributed by atoms with Gasteiger partial charge in [-0.3, -0.25) is 9.59 Å². The molecule has 1 atom stereocenters. The standard InChI is InChI=1S/C9H14O4/c1-4-6-5-9(6,7(10)12-2)8(11)13-3/h6H,4-5H2,1-3H3. The summed E-state index contributed by atoms with van der Waals surface area (Å²) in [6.45, 7) is 1.94. The molecule has 0 bridgehead atoms. The second-order valence-corrected chi connectivity index (χ2v) is 3.26. The summed E-state index contributed by atoms with van der Waals surface area (Å²) in [5, 5.41) is 0. The van der Waals surface area contributed by atoms with Crippen molar-refractivity contribution in [3.63, 3.8) is 0 Å². The Hall–Kier alpha value is -1.06. The Labute approximate surface area is 77.2 Å². The average molecular weight is 186 g/mol. The summed E-state index contributed by atoms with van der Waals surface area (Å²) in [5.41, 5.74) is -0.988. The molecule has 0 radical (unpaired) electrons. The number of hydrogen-bond acceptors (Lipinski definition) is 4. The van der Waals surface area contributed by atoms with Crippen molar-refractivity contribution in [1.82, 2.24) is 0 Å². The van der Waals surface area contributed by atoms with Crippen LogP contribution in [-0.4, -0.2) is 26.2 Å². The molecule has 4 nitrogen and oxygen atoms in total. The van der Waals surface area contributed by atoms with Crippen molar-refractivity contribution in [1.29, 1.82) is 0 Å². The predicted octanol–water partition coefficient (Wildman–Crippen LogP) is 0.749. The van der Waals surface area contributed by atoms with E-state index in [9.17, 15) is 9.59 Å². The second kappa shape index (κ2) is 3.36. The minimum atomic E-state index is -0.988. The lowest BCUT2D eigenvalue weighted by Crippen LogP contribution is -2.30. The summed E-state index contributed by atoms with van der Waals surface area (Å²) >= 11 is 0. The quantitative estimate of drug-likeness (QED) is 0.482. The van der Waals surface area contributed by atoms with Crippen molar-refractivity contribution in [2.75, 3.05) is 14.2 Å². The van der Waals surface area contributed by atoms with Crippen molar-refractivity contribution in [3.05, 3.63) is 0 Å². The first-order valence-corrected chi connectivity index (χ1v) is 4.30. The number of rotatable bonds is 3. The van der Waals surface area contributed by atoms with Crippen LogP contribution in [0.1, 0.15) is 19.8 Å². The number of methoxy groups -OCH3 is 2. The maximum Gasteiger partial charge on any atom is 0.323 e. The zero-order valence-corrected chi connectivity index (χ0v) is 8.12. The van der Waals surface area contributed by atoms with Gasteiger partial charge >= 0.3 is 11.9 Å². The van der Waals surface area contributed by atoms with E-state index in [1.807, 2.05) is 6.92 Å². The summed E-state index contributed by atoms with van der Waals surface area (Å²) in [6, 6.07) is 0. The van der Waals surface area contributed by atoms with Crippen molar-refractivity contribution >= 4 is 11.9 Å². The van der Waals surface area contributed by atoms with E-state index in [1.165, 1.54) is 14.2 Å². The first kappa shape index (κ1) is 10.0. The van der Waals surface area contributed by atoms with Gasteiger partial charge in [-0.25, -0.2) is 0 Å². The van der Waals surface area contributed by atoms with Crippen molar-refractivity contribution in [2.24, 2.45) is 11.3 Å². The van der Waals surface area contributed by atoms with Crippen molar-refractivity contribution in [2.45, 2.75) is 19.8 Å². The third-order valence-electron chi connectivity index (χ3n) is 2.70. The largest absolute Gasteiger partial charge is 0.468 e. The van der Waals surface area contributed by atoms with E-state index in [0.717, 1.165) is 6.42 Å². The topological polar surface area (TPSA) is 52.6 Å². The molecule has 0 aromatic heterocycles. The molecule has 0 N–H and O–H groups in total. The smallest absolute Gasteiger partial charge is 0.323 e. The minimum Gasteiger partial charge on any atom is -0.468 e. The van der Waals surface area contributed by atoms with Crippen LogP contribution in [0.5, 0.6) is 0 Å². The maximum atomic E-state index is 11.3. The summed E-state index contributed by atoms with van der Waals surface area (Å²) in [4.78, 5) is 22.7. The highest BCUT2D eigenvalue weighted by Crippen LogP contribution is 2.56. The first-order valence-electron chi connectivity index (χ1n) is 4.30.